The van der Waals surface area contributed by atoms with E-state index in [9.17, 15) is 4.79 Å². The third-order valence-corrected chi connectivity index (χ3v) is 5.26. The second kappa shape index (κ2) is 7.81. The maximum atomic E-state index is 12.2. The molecule has 1 heterocycles. The first kappa shape index (κ1) is 17.8. The van der Waals surface area contributed by atoms with E-state index in [1.807, 2.05) is 6.92 Å². The van der Waals surface area contributed by atoms with E-state index in [1.54, 1.807) is 0 Å². The Morgan fingerprint density at radius 1 is 1.14 bits per heavy atom. The fourth-order valence-corrected chi connectivity index (χ4v) is 4.34. The van der Waals surface area contributed by atoms with Crippen LogP contribution in [0.3, 0.4) is 0 Å². The van der Waals surface area contributed by atoms with Gasteiger partial charge < -0.3 is 10.2 Å². The molecule has 2 rings (SSSR count). The molecule has 22 heavy (non-hydrogen) atoms. The largest absolute Gasteiger partial charge is 0.341 e. The highest BCUT2D eigenvalue weighted by Gasteiger charge is 2.31. The summed E-state index contributed by atoms with van der Waals surface area (Å²) < 4.78 is 0. The first-order chi connectivity index (χ1) is 10.4. The van der Waals surface area contributed by atoms with Crippen molar-refractivity contribution >= 4 is 5.91 Å². The van der Waals surface area contributed by atoms with Gasteiger partial charge in [-0.1, -0.05) is 40.5 Å². The maximum Gasteiger partial charge on any atom is 0.222 e. The van der Waals surface area contributed by atoms with Gasteiger partial charge in [0.15, 0.2) is 0 Å². The predicted octanol–water partition coefficient (Wildman–Crippen LogP) is 3.83. The van der Waals surface area contributed by atoms with Gasteiger partial charge >= 0.3 is 0 Å². The molecule has 1 aliphatic carbocycles. The number of nitrogens with one attached hydrogen (secondary N) is 1. The highest BCUT2D eigenvalue weighted by molar-refractivity contribution is 5.76. The number of amides is 1. The van der Waals surface area contributed by atoms with Crippen LogP contribution in [0.1, 0.15) is 72.6 Å². The Morgan fingerprint density at radius 2 is 1.82 bits per heavy atom. The summed E-state index contributed by atoms with van der Waals surface area (Å²) >= 11 is 0. The minimum Gasteiger partial charge on any atom is -0.341 e. The molecule has 0 radical (unpaired) electrons. The number of hydrogen-bond donors (Lipinski definition) is 1. The van der Waals surface area contributed by atoms with E-state index < -0.39 is 0 Å². The van der Waals surface area contributed by atoms with Gasteiger partial charge in [0.1, 0.15) is 0 Å². The standard InChI is InChI=1S/C19H36N2O/c1-5-18(22)21-13-16(11-19(2,3)4)10-17(14-21)20-12-15-8-6-7-9-15/h15-17,20H,5-14H2,1-4H3. The van der Waals surface area contributed by atoms with Crippen LogP contribution in [0.2, 0.25) is 0 Å². The molecule has 0 aromatic heterocycles. The van der Waals surface area contributed by atoms with Crippen LogP contribution >= 0.6 is 0 Å². The SMILES string of the molecule is CCC(=O)N1CC(CC(C)(C)C)CC(NCC2CCCC2)C1. The van der Waals surface area contributed by atoms with Crippen LogP contribution in [-0.2, 0) is 4.79 Å². The zero-order chi connectivity index (χ0) is 16.2. The molecule has 1 aliphatic heterocycles. The Morgan fingerprint density at radius 3 is 2.41 bits per heavy atom. The van der Waals surface area contributed by atoms with Crippen LogP contribution < -0.4 is 5.32 Å². The number of hydrogen-bond acceptors (Lipinski definition) is 2. The lowest BCUT2D eigenvalue weighted by molar-refractivity contribution is -0.133. The Kier molecular flexibility index (Phi) is 6.31. The van der Waals surface area contributed by atoms with Crippen LogP contribution in [0.25, 0.3) is 0 Å². The lowest BCUT2D eigenvalue weighted by Crippen LogP contribution is -2.52. The highest BCUT2D eigenvalue weighted by Crippen LogP contribution is 2.31. The minimum absolute atomic E-state index is 0.325. The monoisotopic (exact) mass is 308 g/mol. The maximum absolute atomic E-state index is 12.2. The van der Waals surface area contributed by atoms with Gasteiger partial charge in [-0.25, -0.2) is 0 Å². The van der Waals surface area contributed by atoms with Crippen LogP contribution in [0.5, 0.6) is 0 Å². The van der Waals surface area contributed by atoms with E-state index in [4.69, 9.17) is 0 Å². The number of nitrogens with zero attached hydrogens (tertiary/aromatic N) is 1. The Hall–Kier alpha value is -0.570. The van der Waals surface area contributed by atoms with Crippen molar-refractivity contribution in [3.63, 3.8) is 0 Å². The molecule has 1 N–H and O–H groups in total. The number of likely N-dealkylation sites (tertiary alicyclic amines) is 1. The summed E-state index contributed by atoms with van der Waals surface area (Å²) in [6.45, 7) is 12.0. The van der Waals surface area contributed by atoms with Crippen molar-refractivity contribution in [1.29, 1.82) is 0 Å². The van der Waals surface area contributed by atoms with Crippen molar-refractivity contribution in [2.45, 2.75) is 78.7 Å². The first-order valence-electron chi connectivity index (χ1n) is 9.38. The smallest absolute Gasteiger partial charge is 0.222 e. The average Bonchev–Trinajstić information content (AvgIpc) is 2.95. The lowest BCUT2D eigenvalue weighted by Gasteiger charge is -2.40. The molecule has 3 heteroatoms. The molecular weight excluding hydrogens is 272 g/mol. The summed E-state index contributed by atoms with van der Waals surface area (Å²) in [6.07, 6.45) is 8.68. The van der Waals surface area contributed by atoms with Gasteiger partial charge in [0.2, 0.25) is 5.91 Å². The molecule has 1 amide bonds. The van der Waals surface area contributed by atoms with Crippen LogP contribution in [0.4, 0.5) is 0 Å². The molecule has 0 aromatic carbocycles. The Labute approximate surface area is 137 Å². The second-order valence-corrected chi connectivity index (χ2v) is 8.77. The molecule has 1 saturated carbocycles. The molecule has 2 unspecified atom stereocenters. The van der Waals surface area contributed by atoms with Crippen LogP contribution in [0, 0.1) is 17.3 Å². The molecule has 2 atom stereocenters. The Bertz CT molecular complexity index is 355. The lowest BCUT2D eigenvalue weighted by atomic mass is 9.80. The van der Waals surface area contributed by atoms with Crippen LogP contribution in [0.15, 0.2) is 0 Å². The highest BCUT2D eigenvalue weighted by atomic mass is 16.2. The van der Waals surface area contributed by atoms with Crippen LogP contribution in [-0.4, -0.2) is 36.5 Å². The van der Waals surface area contributed by atoms with Gasteiger partial charge in [0.25, 0.3) is 0 Å². The zero-order valence-corrected chi connectivity index (χ0v) is 15.2. The van der Waals surface area contributed by atoms with Gasteiger partial charge in [-0.05, 0) is 49.5 Å². The number of carbonyl (C=O) groups excluding carboxylic acids is 1. The molecule has 0 spiro atoms. The van der Waals surface area contributed by atoms with Gasteiger partial charge in [-0.15, -0.1) is 0 Å². The third kappa shape index (κ3) is 5.57. The third-order valence-electron chi connectivity index (χ3n) is 5.26. The summed E-state index contributed by atoms with van der Waals surface area (Å²) in [6, 6.07) is 0.497. The summed E-state index contributed by atoms with van der Waals surface area (Å²) in [5.74, 6) is 1.84. The summed E-state index contributed by atoms with van der Waals surface area (Å²) in [5, 5.41) is 3.79. The second-order valence-electron chi connectivity index (χ2n) is 8.77. The number of rotatable bonds is 5. The van der Waals surface area contributed by atoms with Gasteiger partial charge in [-0.3, -0.25) is 4.79 Å². The molecule has 128 valence electrons. The van der Waals surface area contributed by atoms with Crippen molar-refractivity contribution in [2.24, 2.45) is 17.3 Å². The van der Waals surface area contributed by atoms with Crippen molar-refractivity contribution < 1.29 is 4.79 Å². The molecule has 2 aliphatic rings. The van der Waals surface area contributed by atoms with Gasteiger partial charge in [-0.2, -0.15) is 0 Å². The summed E-state index contributed by atoms with van der Waals surface area (Å²) in [7, 11) is 0. The molecule has 2 fully saturated rings. The topological polar surface area (TPSA) is 32.3 Å². The molecular formula is C19H36N2O. The van der Waals surface area contributed by atoms with Crippen molar-refractivity contribution in [3.8, 4) is 0 Å². The molecule has 0 aromatic rings. The van der Waals surface area contributed by atoms with Crippen molar-refractivity contribution in [3.05, 3.63) is 0 Å². The first-order valence-corrected chi connectivity index (χ1v) is 9.38. The normalized spacial score (nSPS) is 27.4. The predicted molar refractivity (Wildman–Crippen MR) is 92.8 cm³/mol. The number of carbonyl (C=O) groups is 1. The van der Waals surface area contributed by atoms with E-state index in [-0.39, 0.29) is 0 Å². The fourth-order valence-electron chi connectivity index (χ4n) is 4.34. The zero-order valence-electron chi connectivity index (χ0n) is 15.2. The molecule has 1 saturated heterocycles. The minimum atomic E-state index is 0.325. The summed E-state index contributed by atoms with van der Waals surface area (Å²) in [4.78, 5) is 14.3. The van der Waals surface area contributed by atoms with E-state index in [2.05, 4.69) is 31.0 Å². The number of piperidine rings is 1. The average molecular weight is 309 g/mol. The molecule has 0 bridgehead atoms. The quantitative estimate of drug-likeness (QED) is 0.837. The van der Waals surface area contributed by atoms with E-state index in [1.165, 1.54) is 38.5 Å². The summed E-state index contributed by atoms with van der Waals surface area (Å²) in [5.41, 5.74) is 0.346. The van der Waals surface area contributed by atoms with Gasteiger partial charge in [0, 0.05) is 25.6 Å². The fraction of sp³-hybridized carbons (Fsp3) is 0.947. The van der Waals surface area contributed by atoms with E-state index >= 15 is 0 Å². The molecule has 3 nitrogen and oxygen atoms in total. The Balaban J connectivity index is 1.90. The van der Waals surface area contributed by atoms with Crippen molar-refractivity contribution in [1.82, 2.24) is 10.2 Å². The van der Waals surface area contributed by atoms with Crippen molar-refractivity contribution in [2.75, 3.05) is 19.6 Å². The van der Waals surface area contributed by atoms with E-state index in [0.29, 0.717) is 29.7 Å². The van der Waals surface area contributed by atoms with E-state index in [0.717, 1.165) is 25.6 Å². The van der Waals surface area contributed by atoms with Gasteiger partial charge in [0.05, 0.1) is 0 Å².